The maximum absolute atomic E-state index is 8.89. The van der Waals surface area contributed by atoms with Gasteiger partial charge in [0.1, 0.15) is 11.0 Å². The molecule has 0 aliphatic heterocycles. The van der Waals surface area contributed by atoms with Crippen LogP contribution in [0.25, 0.3) is 0 Å². The predicted octanol–water partition coefficient (Wildman–Crippen LogP) is 3.93. The van der Waals surface area contributed by atoms with E-state index in [1.54, 1.807) is 18.2 Å². The van der Waals surface area contributed by atoms with Crippen molar-refractivity contribution in [3.05, 3.63) is 40.8 Å². The van der Waals surface area contributed by atoms with Crippen LogP contribution in [0.2, 0.25) is 5.15 Å². The highest BCUT2D eigenvalue weighted by atomic mass is 35.5. The lowest BCUT2D eigenvalue weighted by Crippen LogP contribution is -2.00. The molecule has 0 aliphatic rings. The second kappa shape index (κ2) is 6.42. The van der Waals surface area contributed by atoms with Crippen molar-refractivity contribution < 1.29 is 9.47 Å². The average Bonchev–Trinajstić information content (AvgIpc) is 2.47. The summed E-state index contributed by atoms with van der Waals surface area (Å²) < 4.78 is 10.9. The Labute approximate surface area is 128 Å². The Morgan fingerprint density at radius 1 is 1.19 bits per heavy atom. The normalized spacial score (nSPS) is 10.3. The van der Waals surface area contributed by atoms with Gasteiger partial charge in [0.2, 0.25) is 5.88 Å². The maximum atomic E-state index is 8.89. The van der Waals surface area contributed by atoms with Crippen molar-refractivity contribution in [1.29, 1.82) is 5.26 Å². The highest BCUT2D eigenvalue weighted by molar-refractivity contribution is 6.29. The summed E-state index contributed by atoms with van der Waals surface area (Å²) in [6.07, 6.45) is 0. The van der Waals surface area contributed by atoms with Gasteiger partial charge in [-0.2, -0.15) is 10.2 Å². The molecule has 0 atom stereocenters. The summed E-state index contributed by atoms with van der Waals surface area (Å²) in [5.41, 5.74) is 0.489. The Morgan fingerprint density at radius 3 is 2.57 bits per heavy atom. The number of rotatable bonds is 4. The number of aromatic nitrogens is 2. The second-order valence-electron chi connectivity index (χ2n) is 4.62. The van der Waals surface area contributed by atoms with Gasteiger partial charge in [0.15, 0.2) is 11.5 Å². The van der Waals surface area contributed by atoms with Crippen LogP contribution in [0.1, 0.15) is 31.2 Å². The second-order valence-corrected chi connectivity index (χ2v) is 5.01. The number of methoxy groups -OCH3 is 1. The fraction of sp³-hybridized carbons (Fsp3) is 0.267. The summed E-state index contributed by atoms with van der Waals surface area (Å²) in [7, 11) is 1.51. The van der Waals surface area contributed by atoms with Gasteiger partial charge in [0, 0.05) is 18.1 Å². The van der Waals surface area contributed by atoms with E-state index >= 15 is 0 Å². The molecular weight excluding hydrogens is 290 g/mol. The summed E-state index contributed by atoms with van der Waals surface area (Å²) in [5, 5.41) is 9.20. The highest BCUT2D eigenvalue weighted by Crippen LogP contribution is 2.32. The monoisotopic (exact) mass is 303 g/mol. The fourth-order valence-corrected chi connectivity index (χ4v) is 1.84. The van der Waals surface area contributed by atoms with Gasteiger partial charge < -0.3 is 9.47 Å². The molecule has 0 spiro atoms. The molecule has 0 saturated carbocycles. The molecule has 0 aliphatic carbocycles. The standard InChI is InChI=1S/C15H14ClN3O2/c1-9(2)15-18-13(16)7-14(19-15)21-11-5-4-10(8-17)6-12(11)20-3/h4-7,9H,1-3H3. The van der Waals surface area contributed by atoms with Gasteiger partial charge in [-0.05, 0) is 12.1 Å². The summed E-state index contributed by atoms with van der Waals surface area (Å²) in [6.45, 7) is 3.94. The summed E-state index contributed by atoms with van der Waals surface area (Å²) in [4.78, 5) is 8.45. The number of ether oxygens (including phenoxy) is 2. The fourth-order valence-electron chi connectivity index (χ4n) is 1.66. The molecule has 108 valence electrons. The lowest BCUT2D eigenvalue weighted by molar-refractivity contribution is 0.373. The van der Waals surface area contributed by atoms with Crippen LogP contribution < -0.4 is 9.47 Å². The van der Waals surface area contributed by atoms with E-state index in [9.17, 15) is 0 Å². The molecule has 5 nitrogen and oxygen atoms in total. The lowest BCUT2D eigenvalue weighted by Gasteiger charge is -2.11. The molecule has 6 heteroatoms. The van der Waals surface area contributed by atoms with Gasteiger partial charge in [-0.25, -0.2) is 4.98 Å². The van der Waals surface area contributed by atoms with Crippen LogP contribution in [0.3, 0.4) is 0 Å². The van der Waals surface area contributed by atoms with Crippen molar-refractivity contribution in [1.82, 2.24) is 9.97 Å². The van der Waals surface area contributed by atoms with Crippen molar-refractivity contribution >= 4 is 11.6 Å². The Kier molecular flexibility index (Phi) is 4.61. The van der Waals surface area contributed by atoms with E-state index in [0.717, 1.165) is 0 Å². The van der Waals surface area contributed by atoms with Gasteiger partial charge in [-0.15, -0.1) is 0 Å². The molecule has 0 N–H and O–H groups in total. The molecule has 0 saturated heterocycles. The number of halogens is 1. The van der Waals surface area contributed by atoms with Crippen molar-refractivity contribution in [2.75, 3.05) is 7.11 Å². The first-order valence-electron chi connectivity index (χ1n) is 6.34. The van der Waals surface area contributed by atoms with Crippen LogP contribution in [0.5, 0.6) is 17.4 Å². The minimum Gasteiger partial charge on any atom is -0.493 e. The Bertz CT molecular complexity index is 696. The van der Waals surface area contributed by atoms with Crippen LogP contribution in [-0.2, 0) is 0 Å². The molecule has 1 aromatic heterocycles. The molecule has 2 aromatic rings. The van der Waals surface area contributed by atoms with Gasteiger partial charge >= 0.3 is 0 Å². The van der Waals surface area contributed by atoms with Crippen molar-refractivity contribution in [2.24, 2.45) is 0 Å². The quantitative estimate of drug-likeness (QED) is 0.801. The first-order chi connectivity index (χ1) is 10.0. The smallest absolute Gasteiger partial charge is 0.224 e. The van der Waals surface area contributed by atoms with Crippen molar-refractivity contribution in [3.8, 4) is 23.4 Å². The van der Waals surface area contributed by atoms with Gasteiger partial charge in [-0.1, -0.05) is 25.4 Å². The number of nitriles is 1. The lowest BCUT2D eigenvalue weighted by atomic mass is 10.2. The van der Waals surface area contributed by atoms with Crippen LogP contribution in [0.15, 0.2) is 24.3 Å². The zero-order chi connectivity index (χ0) is 15.4. The zero-order valence-electron chi connectivity index (χ0n) is 11.9. The topological polar surface area (TPSA) is 68.0 Å². The van der Waals surface area contributed by atoms with E-state index in [4.69, 9.17) is 26.3 Å². The minimum atomic E-state index is 0.133. The van der Waals surface area contributed by atoms with Crippen molar-refractivity contribution in [2.45, 2.75) is 19.8 Å². The molecule has 2 rings (SSSR count). The highest BCUT2D eigenvalue weighted by Gasteiger charge is 2.11. The predicted molar refractivity (Wildman–Crippen MR) is 78.9 cm³/mol. The van der Waals surface area contributed by atoms with Crippen LogP contribution in [0.4, 0.5) is 0 Å². The summed E-state index contributed by atoms with van der Waals surface area (Å²) in [6, 6.07) is 8.47. The SMILES string of the molecule is COc1cc(C#N)ccc1Oc1cc(Cl)nc(C(C)C)n1. The van der Waals surface area contributed by atoms with Gasteiger partial charge in [0.05, 0.1) is 18.7 Å². The third kappa shape index (κ3) is 3.61. The maximum Gasteiger partial charge on any atom is 0.224 e. The molecule has 1 heterocycles. The van der Waals surface area contributed by atoms with E-state index in [1.807, 2.05) is 19.9 Å². The zero-order valence-corrected chi connectivity index (χ0v) is 12.7. The Balaban J connectivity index is 2.36. The van der Waals surface area contributed by atoms with Crippen LogP contribution >= 0.6 is 11.6 Å². The van der Waals surface area contributed by atoms with E-state index in [0.29, 0.717) is 33.9 Å². The van der Waals surface area contributed by atoms with Gasteiger partial charge in [-0.3, -0.25) is 0 Å². The number of hydrogen-bond donors (Lipinski definition) is 0. The molecule has 0 fully saturated rings. The molecule has 0 bridgehead atoms. The average molecular weight is 304 g/mol. The molecule has 21 heavy (non-hydrogen) atoms. The molecule has 0 amide bonds. The number of nitrogens with zero attached hydrogens (tertiary/aromatic N) is 3. The van der Waals surface area contributed by atoms with E-state index in [2.05, 4.69) is 9.97 Å². The first-order valence-corrected chi connectivity index (χ1v) is 6.71. The first kappa shape index (κ1) is 15.1. The summed E-state index contributed by atoms with van der Waals surface area (Å²) >= 11 is 5.98. The summed E-state index contributed by atoms with van der Waals surface area (Å²) in [5.74, 6) is 1.98. The molecule has 0 radical (unpaired) electrons. The molecular formula is C15H14ClN3O2. The number of benzene rings is 1. The Hall–Kier alpha value is -2.32. The van der Waals surface area contributed by atoms with Crippen LogP contribution in [-0.4, -0.2) is 17.1 Å². The number of hydrogen-bond acceptors (Lipinski definition) is 5. The van der Waals surface area contributed by atoms with E-state index in [-0.39, 0.29) is 5.92 Å². The Morgan fingerprint density at radius 2 is 1.95 bits per heavy atom. The van der Waals surface area contributed by atoms with E-state index in [1.165, 1.54) is 13.2 Å². The minimum absolute atomic E-state index is 0.133. The van der Waals surface area contributed by atoms with Crippen molar-refractivity contribution in [3.63, 3.8) is 0 Å². The largest absolute Gasteiger partial charge is 0.493 e. The third-order valence-electron chi connectivity index (χ3n) is 2.71. The van der Waals surface area contributed by atoms with Gasteiger partial charge in [0.25, 0.3) is 0 Å². The molecule has 1 aromatic carbocycles. The van der Waals surface area contributed by atoms with Crippen LogP contribution in [0, 0.1) is 11.3 Å². The third-order valence-corrected chi connectivity index (χ3v) is 2.91. The molecule has 0 unspecified atom stereocenters. The van der Waals surface area contributed by atoms with E-state index < -0.39 is 0 Å².